The molecule has 3 unspecified atom stereocenters. The van der Waals surface area contributed by atoms with Crippen LogP contribution < -0.4 is 9.64 Å². The second-order valence-electron chi connectivity index (χ2n) is 10.7. The van der Waals surface area contributed by atoms with Gasteiger partial charge in [0.2, 0.25) is 5.91 Å². The molecule has 2 bridgehead atoms. The maximum absolute atomic E-state index is 14.8. The molecule has 0 aliphatic carbocycles. The van der Waals surface area contributed by atoms with Crippen molar-refractivity contribution in [1.29, 1.82) is 0 Å². The number of methoxy groups -OCH3 is 1. The summed E-state index contributed by atoms with van der Waals surface area (Å²) in [4.78, 5) is 45.4. The molecule has 2 aromatic rings. The highest BCUT2D eigenvalue weighted by molar-refractivity contribution is 9.09. The lowest BCUT2D eigenvalue weighted by Gasteiger charge is -2.39. The van der Waals surface area contributed by atoms with Gasteiger partial charge in [-0.3, -0.25) is 14.4 Å². The normalized spacial score (nSPS) is 28.2. The first-order valence-electron chi connectivity index (χ1n) is 14.0. The number of hydrogen-bond donors (Lipinski definition) is 1. The summed E-state index contributed by atoms with van der Waals surface area (Å²) >= 11 is 3.68. The molecule has 3 heterocycles. The first kappa shape index (κ1) is 30.0. The molecule has 222 valence electrons. The van der Waals surface area contributed by atoms with E-state index in [1.165, 1.54) is 4.90 Å². The first-order chi connectivity index (χ1) is 20.3. The van der Waals surface area contributed by atoms with Crippen molar-refractivity contribution < 1.29 is 33.7 Å². The number of esters is 1. The summed E-state index contributed by atoms with van der Waals surface area (Å²) < 4.78 is 17.4. The molecule has 1 spiro atoms. The molecule has 0 saturated carbocycles. The zero-order valence-corrected chi connectivity index (χ0v) is 25.0. The molecule has 2 aromatic carbocycles. The number of rotatable bonds is 12. The minimum absolute atomic E-state index is 0.131. The third-order valence-electron chi connectivity index (χ3n) is 8.45. The fraction of sp³-hybridized carbons (Fsp3) is 0.406. The maximum atomic E-state index is 14.8. The van der Waals surface area contributed by atoms with Crippen LogP contribution in [-0.2, 0) is 23.9 Å². The Balaban J connectivity index is 1.62. The molecule has 2 amide bonds. The van der Waals surface area contributed by atoms with Crippen molar-refractivity contribution in [3.05, 3.63) is 85.5 Å². The fourth-order valence-electron chi connectivity index (χ4n) is 6.68. The van der Waals surface area contributed by atoms with Crippen molar-refractivity contribution in [2.45, 2.75) is 41.5 Å². The van der Waals surface area contributed by atoms with Crippen molar-refractivity contribution in [1.82, 2.24) is 4.90 Å². The van der Waals surface area contributed by atoms with E-state index in [4.69, 9.17) is 14.2 Å². The molecule has 10 heteroatoms. The number of fused-ring (bicyclic) bond motifs is 1. The number of aliphatic hydroxyl groups excluding tert-OH is 1. The molecular weight excluding hydrogens is 604 g/mol. The lowest BCUT2D eigenvalue weighted by atomic mass is 9.70. The molecule has 9 nitrogen and oxygen atoms in total. The Labute approximate surface area is 253 Å². The Morgan fingerprint density at radius 3 is 2.52 bits per heavy atom. The minimum Gasteiger partial charge on any atom is -0.497 e. The van der Waals surface area contributed by atoms with E-state index < -0.39 is 60.0 Å². The summed E-state index contributed by atoms with van der Waals surface area (Å²) in [5.74, 6) is -2.60. The summed E-state index contributed by atoms with van der Waals surface area (Å²) in [7, 11) is 1.56. The van der Waals surface area contributed by atoms with E-state index >= 15 is 0 Å². The number of ether oxygens (including phenoxy) is 3. The number of likely N-dealkylation sites (tertiary alicyclic amines) is 1. The predicted molar refractivity (Wildman–Crippen MR) is 160 cm³/mol. The maximum Gasteiger partial charge on any atom is 0.312 e. The van der Waals surface area contributed by atoms with E-state index in [0.717, 1.165) is 0 Å². The van der Waals surface area contributed by atoms with Gasteiger partial charge in [0.05, 0.1) is 44.3 Å². The van der Waals surface area contributed by atoms with Crippen LogP contribution in [-0.4, -0.2) is 77.2 Å². The van der Waals surface area contributed by atoms with Crippen LogP contribution in [0.2, 0.25) is 0 Å². The highest BCUT2D eigenvalue weighted by Crippen LogP contribution is 2.61. The zero-order valence-electron chi connectivity index (χ0n) is 23.4. The monoisotopic (exact) mass is 638 g/mol. The molecule has 3 aliphatic heterocycles. The van der Waals surface area contributed by atoms with Gasteiger partial charge in [-0.25, -0.2) is 0 Å². The Bertz CT molecular complexity index is 1340. The summed E-state index contributed by atoms with van der Waals surface area (Å²) in [6.45, 7) is 7.38. The molecule has 7 atom stereocenters. The largest absolute Gasteiger partial charge is 0.497 e. The number of anilines is 1. The molecule has 1 N–H and O–H groups in total. The van der Waals surface area contributed by atoms with E-state index in [9.17, 15) is 19.5 Å². The zero-order chi connectivity index (χ0) is 30.0. The SMILES string of the molecule is C=CCCOC(=O)[C@H]1[C@@H]2OC3(CC2Br)C(C(=O)N(CC=C)c2ccc(OC)cc2)N([C@H](CO)c2ccccc2)C(=O)[C@H]13. The number of amides is 2. The molecule has 5 rings (SSSR count). The summed E-state index contributed by atoms with van der Waals surface area (Å²) in [6, 6.07) is 14.1. The molecule has 42 heavy (non-hydrogen) atoms. The third-order valence-corrected chi connectivity index (χ3v) is 9.30. The number of hydrogen-bond acceptors (Lipinski definition) is 7. The van der Waals surface area contributed by atoms with Crippen LogP contribution in [0.4, 0.5) is 5.69 Å². The molecule has 0 aromatic heterocycles. The van der Waals surface area contributed by atoms with Crippen molar-refractivity contribution in [2.75, 3.05) is 31.8 Å². The number of benzene rings is 2. The number of carbonyl (C=O) groups is 3. The minimum atomic E-state index is -1.32. The van der Waals surface area contributed by atoms with Crippen LogP contribution in [0, 0.1) is 11.8 Å². The molecule has 3 aliphatic rings. The van der Waals surface area contributed by atoms with E-state index in [0.29, 0.717) is 29.8 Å². The quantitative estimate of drug-likeness (QED) is 0.163. The fourth-order valence-corrected chi connectivity index (χ4v) is 7.62. The van der Waals surface area contributed by atoms with Gasteiger partial charge in [0.15, 0.2) is 0 Å². The van der Waals surface area contributed by atoms with Gasteiger partial charge in [-0.05, 0) is 42.7 Å². The first-order valence-corrected chi connectivity index (χ1v) is 14.9. The topological polar surface area (TPSA) is 106 Å². The van der Waals surface area contributed by atoms with Crippen molar-refractivity contribution in [2.24, 2.45) is 11.8 Å². The number of carbonyl (C=O) groups excluding carboxylic acids is 3. The summed E-state index contributed by atoms with van der Waals surface area (Å²) in [6.07, 6.45) is 3.41. The summed E-state index contributed by atoms with van der Waals surface area (Å²) in [5, 5.41) is 10.7. The van der Waals surface area contributed by atoms with Gasteiger partial charge in [-0.1, -0.05) is 58.4 Å². The lowest BCUT2D eigenvalue weighted by Crippen LogP contribution is -2.57. The van der Waals surface area contributed by atoms with Crippen molar-refractivity contribution >= 4 is 39.4 Å². The Morgan fingerprint density at radius 1 is 1.19 bits per heavy atom. The van der Waals surface area contributed by atoms with Gasteiger partial charge in [-0.2, -0.15) is 0 Å². The molecule has 3 saturated heterocycles. The van der Waals surface area contributed by atoms with Crippen LogP contribution in [0.5, 0.6) is 5.75 Å². The molecule has 3 fully saturated rings. The highest BCUT2D eigenvalue weighted by Gasteiger charge is 2.77. The average Bonchev–Trinajstić information content (AvgIpc) is 3.60. The van der Waals surface area contributed by atoms with Crippen LogP contribution in [0.3, 0.4) is 0 Å². The second kappa shape index (κ2) is 12.4. The molecular formula is C32H35BrN2O7. The van der Waals surface area contributed by atoms with E-state index in [2.05, 4.69) is 29.1 Å². The van der Waals surface area contributed by atoms with Gasteiger partial charge in [0.25, 0.3) is 5.91 Å². The van der Waals surface area contributed by atoms with Crippen LogP contribution in [0.1, 0.15) is 24.4 Å². The smallest absolute Gasteiger partial charge is 0.312 e. The Morgan fingerprint density at radius 2 is 1.90 bits per heavy atom. The van der Waals surface area contributed by atoms with E-state index in [-0.39, 0.29) is 18.0 Å². The average molecular weight is 640 g/mol. The number of halogens is 1. The highest BCUT2D eigenvalue weighted by atomic mass is 79.9. The number of nitrogens with zero attached hydrogens (tertiary/aromatic N) is 2. The number of alkyl halides is 1. The van der Waals surface area contributed by atoms with E-state index in [1.54, 1.807) is 60.6 Å². The Kier molecular flexibility index (Phi) is 8.86. The van der Waals surface area contributed by atoms with Gasteiger partial charge < -0.3 is 29.1 Å². The van der Waals surface area contributed by atoms with Gasteiger partial charge >= 0.3 is 5.97 Å². The third kappa shape index (κ3) is 4.95. The Hall–Kier alpha value is -3.47. The lowest BCUT2D eigenvalue weighted by molar-refractivity contribution is -0.155. The second-order valence-corrected chi connectivity index (χ2v) is 11.9. The molecule has 0 radical (unpaired) electrons. The van der Waals surface area contributed by atoms with Crippen LogP contribution in [0.15, 0.2) is 79.9 Å². The standard InChI is InChI=1S/C32H35BrN2O7/c1-4-6-17-41-31(39)25-26-29(37)35(24(19-36)20-10-8-7-9-11-20)28(32(26)18-23(33)27(25)42-32)30(38)34(16-5-2)21-12-14-22(40-3)15-13-21/h4-5,7-15,23-28,36H,1-2,6,16-19H2,3H3/t23?,24-,25-,26+,27-,28?,32?/m1/s1. The number of aliphatic hydroxyl groups is 1. The van der Waals surface area contributed by atoms with E-state index in [1.807, 2.05) is 18.2 Å². The van der Waals surface area contributed by atoms with Crippen molar-refractivity contribution in [3.63, 3.8) is 0 Å². The van der Waals surface area contributed by atoms with Gasteiger partial charge in [0, 0.05) is 17.1 Å². The predicted octanol–water partition coefficient (Wildman–Crippen LogP) is 3.82. The van der Waals surface area contributed by atoms with Gasteiger partial charge in [0.1, 0.15) is 17.4 Å². The van der Waals surface area contributed by atoms with Crippen LogP contribution in [0.25, 0.3) is 0 Å². The van der Waals surface area contributed by atoms with Gasteiger partial charge in [-0.15, -0.1) is 13.2 Å². The van der Waals surface area contributed by atoms with Crippen LogP contribution >= 0.6 is 15.9 Å². The summed E-state index contributed by atoms with van der Waals surface area (Å²) in [5.41, 5.74) is -0.0720. The van der Waals surface area contributed by atoms with Crippen molar-refractivity contribution in [3.8, 4) is 5.75 Å².